The predicted octanol–water partition coefficient (Wildman–Crippen LogP) is 3.38. The molecular weight excluding hydrogens is 351 g/mol. The van der Waals surface area contributed by atoms with Crippen molar-refractivity contribution in [1.82, 2.24) is 30.4 Å². The van der Waals surface area contributed by atoms with Gasteiger partial charge in [0.15, 0.2) is 11.5 Å². The molecule has 0 aliphatic carbocycles. The van der Waals surface area contributed by atoms with E-state index in [1.807, 2.05) is 0 Å². The summed E-state index contributed by atoms with van der Waals surface area (Å²) in [5.74, 6) is 0.510. The number of nitrogens with zero attached hydrogens (tertiary/aromatic N) is 4. The topological polar surface area (TPSA) is 67.1 Å². The fourth-order valence-electron chi connectivity index (χ4n) is 3.45. The van der Waals surface area contributed by atoms with Crippen molar-refractivity contribution in [2.45, 2.75) is 32.4 Å². The van der Waals surface area contributed by atoms with Gasteiger partial charge in [-0.15, -0.1) is 16.4 Å². The molecule has 5 rings (SSSR count). The molecule has 0 bridgehead atoms. The van der Waals surface area contributed by atoms with Crippen molar-refractivity contribution in [2.24, 2.45) is 0 Å². The number of aromatic nitrogens is 4. The van der Waals surface area contributed by atoms with Crippen molar-refractivity contribution < 1.29 is 4.39 Å². The van der Waals surface area contributed by atoms with Crippen LogP contribution in [0, 0.1) is 19.7 Å². The lowest BCUT2D eigenvalue weighted by molar-refractivity contribution is 0.540. The molecule has 1 fully saturated rings. The molecule has 0 amide bonds. The van der Waals surface area contributed by atoms with E-state index in [4.69, 9.17) is 4.98 Å². The highest BCUT2D eigenvalue weighted by Crippen LogP contribution is 2.33. The fourth-order valence-corrected chi connectivity index (χ4v) is 4.44. The third-order valence-electron chi connectivity index (χ3n) is 5.01. The van der Waals surface area contributed by atoms with Gasteiger partial charge in [0.2, 0.25) is 0 Å². The van der Waals surface area contributed by atoms with E-state index in [1.165, 1.54) is 22.6 Å². The van der Waals surface area contributed by atoms with Gasteiger partial charge in [-0.25, -0.2) is 29.7 Å². The van der Waals surface area contributed by atoms with Crippen LogP contribution in [0.3, 0.4) is 0 Å². The van der Waals surface area contributed by atoms with Crippen molar-refractivity contribution in [3.8, 4) is 0 Å². The second-order valence-corrected chi connectivity index (χ2v) is 7.83. The van der Waals surface area contributed by atoms with Crippen LogP contribution < -0.4 is 10.9 Å². The van der Waals surface area contributed by atoms with Crippen LogP contribution >= 0.6 is 11.3 Å². The van der Waals surface area contributed by atoms with E-state index < -0.39 is 0 Å². The molecule has 2 atom stereocenters. The summed E-state index contributed by atoms with van der Waals surface area (Å²) in [4.78, 5) is 11.6. The molecule has 132 valence electrons. The Labute approximate surface area is 153 Å². The second kappa shape index (κ2) is 5.80. The fraction of sp³-hybridized carbons (Fsp3) is 0.278. The van der Waals surface area contributed by atoms with E-state index in [2.05, 4.69) is 34.8 Å². The van der Waals surface area contributed by atoms with Gasteiger partial charge in [0.1, 0.15) is 17.0 Å². The number of nitrogens with one attached hydrogen (secondary N) is 2. The average molecular weight is 368 g/mol. The van der Waals surface area contributed by atoms with Crippen LogP contribution in [0.5, 0.6) is 0 Å². The summed E-state index contributed by atoms with van der Waals surface area (Å²) in [5, 5.41) is 5.70. The maximum atomic E-state index is 13.1. The molecule has 3 aromatic heterocycles. The summed E-state index contributed by atoms with van der Waals surface area (Å²) in [7, 11) is 0. The Hall–Kier alpha value is -2.42. The smallest absolute Gasteiger partial charge is 0.170 e. The van der Waals surface area contributed by atoms with Crippen molar-refractivity contribution in [3.05, 3.63) is 58.2 Å². The lowest BCUT2D eigenvalue weighted by Gasteiger charge is -2.08. The molecule has 8 heteroatoms. The molecule has 26 heavy (non-hydrogen) atoms. The number of aryl methyl sites for hydroxylation is 2. The highest BCUT2D eigenvalue weighted by atomic mass is 32.1. The van der Waals surface area contributed by atoms with E-state index in [1.54, 1.807) is 34.3 Å². The van der Waals surface area contributed by atoms with Crippen molar-refractivity contribution in [3.63, 3.8) is 0 Å². The standard InChI is InChI=1S/C18H17FN6S/c1-9-10(2)26-18-15(9)17-21-16(24-25(17)8-20-18)14-7-13(22-23-14)11-3-5-12(19)6-4-11/h3-6,8,13-14,22-23H,7H2,1-2H3. The van der Waals surface area contributed by atoms with Gasteiger partial charge in [-0.3, -0.25) is 0 Å². The van der Waals surface area contributed by atoms with Gasteiger partial charge >= 0.3 is 0 Å². The first-order valence-electron chi connectivity index (χ1n) is 8.47. The molecule has 6 nitrogen and oxygen atoms in total. The molecule has 0 radical (unpaired) electrons. The normalized spacial score (nSPS) is 20.4. The van der Waals surface area contributed by atoms with E-state index >= 15 is 0 Å². The number of rotatable bonds is 2. The monoisotopic (exact) mass is 368 g/mol. The van der Waals surface area contributed by atoms with Gasteiger partial charge in [-0.05, 0) is 43.5 Å². The number of fused-ring (bicyclic) bond motifs is 3. The molecule has 4 aromatic rings. The number of halogens is 1. The summed E-state index contributed by atoms with van der Waals surface area (Å²) in [5.41, 5.74) is 9.63. The molecule has 1 saturated heterocycles. The SMILES string of the molecule is Cc1sc2ncn3nc(C4CC(c5ccc(F)cc5)NN4)nc3c2c1C. The van der Waals surface area contributed by atoms with Gasteiger partial charge < -0.3 is 0 Å². The Bertz CT molecular complexity index is 1120. The third-order valence-corrected chi connectivity index (χ3v) is 6.12. The first-order valence-corrected chi connectivity index (χ1v) is 9.29. The van der Waals surface area contributed by atoms with Crippen molar-refractivity contribution in [1.29, 1.82) is 0 Å². The number of hydrogen-bond donors (Lipinski definition) is 2. The molecule has 1 aliphatic heterocycles. The van der Waals surface area contributed by atoms with Crippen molar-refractivity contribution >= 4 is 27.2 Å². The average Bonchev–Trinajstić information content (AvgIpc) is 3.33. The first kappa shape index (κ1) is 15.8. The number of thiophene rings is 1. The summed E-state index contributed by atoms with van der Waals surface area (Å²) in [6, 6.07) is 6.66. The summed E-state index contributed by atoms with van der Waals surface area (Å²) in [6.45, 7) is 4.20. The zero-order chi connectivity index (χ0) is 17.8. The zero-order valence-corrected chi connectivity index (χ0v) is 15.1. The number of hydrogen-bond acceptors (Lipinski definition) is 6. The maximum absolute atomic E-state index is 13.1. The molecule has 0 saturated carbocycles. The van der Waals surface area contributed by atoms with Crippen LogP contribution in [0.25, 0.3) is 15.9 Å². The Morgan fingerprint density at radius 1 is 1.15 bits per heavy atom. The zero-order valence-electron chi connectivity index (χ0n) is 14.3. The van der Waals surface area contributed by atoms with Crippen LogP contribution in [0.15, 0.2) is 30.6 Å². The Balaban J connectivity index is 1.50. The lowest BCUT2D eigenvalue weighted by atomic mass is 10.0. The van der Waals surface area contributed by atoms with Crippen LogP contribution in [-0.4, -0.2) is 19.6 Å². The van der Waals surface area contributed by atoms with E-state index in [9.17, 15) is 4.39 Å². The highest BCUT2D eigenvalue weighted by molar-refractivity contribution is 7.18. The lowest BCUT2D eigenvalue weighted by Crippen LogP contribution is -2.27. The third kappa shape index (κ3) is 2.41. The highest BCUT2D eigenvalue weighted by Gasteiger charge is 2.29. The predicted molar refractivity (Wildman–Crippen MR) is 98.4 cm³/mol. The van der Waals surface area contributed by atoms with Crippen LogP contribution in [0.2, 0.25) is 0 Å². The van der Waals surface area contributed by atoms with Gasteiger partial charge in [0.05, 0.1) is 11.4 Å². The molecule has 4 heterocycles. The largest absolute Gasteiger partial charge is 0.250 e. The first-order chi connectivity index (χ1) is 12.6. The molecule has 1 aliphatic rings. The number of hydrazine groups is 1. The van der Waals surface area contributed by atoms with Crippen LogP contribution in [0.1, 0.15) is 40.3 Å². The molecular formula is C18H17FN6S. The van der Waals surface area contributed by atoms with Crippen molar-refractivity contribution in [2.75, 3.05) is 0 Å². The minimum absolute atomic E-state index is 0.0139. The molecule has 1 aromatic carbocycles. The summed E-state index contributed by atoms with van der Waals surface area (Å²) < 4.78 is 14.9. The minimum atomic E-state index is -0.226. The van der Waals surface area contributed by atoms with E-state index in [0.717, 1.165) is 33.7 Å². The quantitative estimate of drug-likeness (QED) is 0.568. The van der Waals surface area contributed by atoms with Crippen LogP contribution in [-0.2, 0) is 0 Å². The van der Waals surface area contributed by atoms with E-state index in [0.29, 0.717) is 0 Å². The van der Waals surface area contributed by atoms with E-state index in [-0.39, 0.29) is 17.9 Å². The molecule has 2 unspecified atom stereocenters. The van der Waals surface area contributed by atoms with Gasteiger partial charge in [0.25, 0.3) is 0 Å². The Morgan fingerprint density at radius 3 is 2.73 bits per heavy atom. The number of benzene rings is 1. The molecule has 2 N–H and O–H groups in total. The summed E-state index contributed by atoms with van der Waals surface area (Å²) in [6.07, 6.45) is 2.52. The van der Waals surface area contributed by atoms with Gasteiger partial charge in [-0.1, -0.05) is 12.1 Å². The minimum Gasteiger partial charge on any atom is -0.250 e. The molecule has 0 spiro atoms. The van der Waals surface area contributed by atoms with Gasteiger partial charge in [-0.2, -0.15) is 0 Å². The summed E-state index contributed by atoms with van der Waals surface area (Å²) >= 11 is 1.68. The Kier molecular flexibility index (Phi) is 3.53. The second-order valence-electron chi connectivity index (χ2n) is 6.63. The maximum Gasteiger partial charge on any atom is 0.170 e. The van der Waals surface area contributed by atoms with Gasteiger partial charge in [0, 0.05) is 10.9 Å². The van der Waals surface area contributed by atoms with Crippen LogP contribution in [0.4, 0.5) is 4.39 Å². The Morgan fingerprint density at radius 2 is 1.92 bits per heavy atom.